The average molecular weight is 468 g/mol. The highest BCUT2D eigenvalue weighted by Gasteiger charge is 2.34. The van der Waals surface area contributed by atoms with Gasteiger partial charge in [-0.15, -0.1) is 0 Å². The summed E-state index contributed by atoms with van der Waals surface area (Å²) in [6.07, 6.45) is 1.39. The van der Waals surface area contributed by atoms with Crippen LogP contribution in [0.5, 0.6) is 0 Å². The number of hydrogen-bond acceptors (Lipinski definition) is 6. The third kappa shape index (κ3) is 4.59. The highest BCUT2D eigenvalue weighted by molar-refractivity contribution is 8.26. The average Bonchev–Trinajstić information content (AvgIpc) is 2.90. The first-order valence-electron chi connectivity index (χ1n) is 7.96. The minimum atomic E-state index is -0.596. The van der Waals surface area contributed by atoms with Crippen molar-refractivity contribution in [3.05, 3.63) is 78.2 Å². The van der Waals surface area contributed by atoms with Crippen LogP contribution in [0, 0.1) is 17.0 Å². The van der Waals surface area contributed by atoms with Crippen molar-refractivity contribution in [2.45, 2.75) is 6.92 Å². The number of amides is 2. The third-order valence-electron chi connectivity index (χ3n) is 3.85. The largest absolute Gasteiger partial charge is 0.285 e. The summed E-state index contributed by atoms with van der Waals surface area (Å²) in [5, 5.41) is 12.4. The zero-order valence-electron chi connectivity index (χ0n) is 14.6. The number of nitrogens with zero attached hydrogens (tertiary/aromatic N) is 2. The van der Waals surface area contributed by atoms with Crippen molar-refractivity contribution in [1.82, 2.24) is 10.4 Å². The Bertz CT molecular complexity index is 1100. The van der Waals surface area contributed by atoms with E-state index in [1.807, 2.05) is 6.92 Å². The lowest BCUT2D eigenvalue weighted by Gasteiger charge is -2.16. The van der Waals surface area contributed by atoms with Crippen LogP contribution in [-0.2, 0) is 4.79 Å². The number of non-ortho nitro benzene ring substituents is 1. The topological polar surface area (TPSA) is 92.6 Å². The number of thiocarbonyl (C=S) groups is 1. The van der Waals surface area contributed by atoms with Crippen molar-refractivity contribution in [3.63, 3.8) is 0 Å². The normalized spacial score (nSPS) is 15.1. The number of nitro groups is 1. The summed E-state index contributed by atoms with van der Waals surface area (Å²) in [4.78, 5) is 35.7. The van der Waals surface area contributed by atoms with Crippen molar-refractivity contribution in [2.24, 2.45) is 0 Å². The van der Waals surface area contributed by atoms with E-state index in [0.29, 0.717) is 0 Å². The second-order valence-corrected chi connectivity index (χ2v) is 8.39. The molecule has 1 aliphatic rings. The summed E-state index contributed by atoms with van der Waals surface area (Å²) in [7, 11) is 0. The van der Waals surface area contributed by atoms with E-state index in [0.717, 1.165) is 22.3 Å². The molecule has 0 bridgehead atoms. The Morgan fingerprint density at radius 1 is 1.24 bits per heavy atom. The summed E-state index contributed by atoms with van der Waals surface area (Å²) in [5.41, 5.74) is 3.62. The van der Waals surface area contributed by atoms with Crippen LogP contribution in [0.3, 0.4) is 0 Å². The van der Waals surface area contributed by atoms with E-state index in [9.17, 15) is 19.7 Å². The number of carbonyl (C=O) groups is 2. The second kappa shape index (κ2) is 8.50. The van der Waals surface area contributed by atoms with Crippen LogP contribution in [0.25, 0.3) is 6.08 Å². The Balaban J connectivity index is 1.85. The molecular formula is C18H11Cl2N3O4S2. The third-order valence-corrected chi connectivity index (χ3v) is 5.81. The first-order valence-corrected chi connectivity index (χ1v) is 9.94. The van der Waals surface area contributed by atoms with Crippen LogP contribution in [-0.4, -0.2) is 26.1 Å². The molecule has 0 aliphatic carbocycles. The minimum Gasteiger partial charge on any atom is -0.267 e. The number of thioether (sulfide) groups is 1. The predicted octanol–water partition coefficient (Wildman–Crippen LogP) is 4.76. The fourth-order valence-electron chi connectivity index (χ4n) is 2.43. The number of benzene rings is 2. The SMILES string of the molecule is Cc1ccc(C(=O)NN2C(=O)/C(=C/c3cc([N+](=O)[O-])ccc3Cl)SC2=S)c(Cl)c1. The number of halogens is 2. The molecule has 2 amide bonds. The number of nitro benzene ring substituents is 1. The molecule has 29 heavy (non-hydrogen) atoms. The maximum Gasteiger partial charge on any atom is 0.285 e. The van der Waals surface area contributed by atoms with E-state index in [4.69, 9.17) is 35.4 Å². The van der Waals surface area contributed by atoms with Crippen LogP contribution in [0.15, 0.2) is 41.3 Å². The molecule has 0 unspecified atom stereocenters. The molecular weight excluding hydrogens is 457 g/mol. The number of rotatable bonds is 4. The summed E-state index contributed by atoms with van der Waals surface area (Å²) < 4.78 is 0.0967. The van der Waals surface area contributed by atoms with Gasteiger partial charge in [0.05, 0.1) is 20.4 Å². The zero-order chi connectivity index (χ0) is 21.3. The smallest absolute Gasteiger partial charge is 0.267 e. The van der Waals surface area contributed by atoms with Gasteiger partial charge < -0.3 is 0 Å². The van der Waals surface area contributed by atoms with E-state index in [1.165, 1.54) is 24.3 Å². The number of aryl methyl sites for hydroxylation is 1. The second-order valence-electron chi connectivity index (χ2n) is 5.90. The van der Waals surface area contributed by atoms with Gasteiger partial charge in [-0.2, -0.15) is 5.01 Å². The van der Waals surface area contributed by atoms with Gasteiger partial charge in [0.25, 0.3) is 17.5 Å². The summed E-state index contributed by atoms with van der Waals surface area (Å²) in [6.45, 7) is 1.83. The molecule has 0 spiro atoms. The van der Waals surface area contributed by atoms with Gasteiger partial charge in [-0.3, -0.25) is 25.1 Å². The van der Waals surface area contributed by atoms with Gasteiger partial charge in [0, 0.05) is 22.7 Å². The van der Waals surface area contributed by atoms with Gasteiger partial charge in [-0.05, 0) is 49.0 Å². The lowest BCUT2D eigenvalue weighted by Crippen LogP contribution is -2.44. The van der Waals surface area contributed by atoms with Gasteiger partial charge in [-0.1, -0.05) is 41.0 Å². The van der Waals surface area contributed by atoms with E-state index in [2.05, 4.69) is 5.43 Å². The van der Waals surface area contributed by atoms with Crippen molar-refractivity contribution in [2.75, 3.05) is 0 Å². The molecule has 1 heterocycles. The molecule has 2 aromatic rings. The van der Waals surface area contributed by atoms with Crippen LogP contribution in [0.2, 0.25) is 10.0 Å². The molecule has 7 nitrogen and oxygen atoms in total. The molecule has 3 rings (SSSR count). The zero-order valence-corrected chi connectivity index (χ0v) is 17.8. The quantitative estimate of drug-likeness (QED) is 0.301. The number of hydrazine groups is 1. The molecule has 0 saturated carbocycles. The van der Waals surface area contributed by atoms with Crippen molar-refractivity contribution in [1.29, 1.82) is 0 Å². The molecule has 1 N–H and O–H groups in total. The van der Waals surface area contributed by atoms with Gasteiger partial charge in [0.15, 0.2) is 4.32 Å². The summed E-state index contributed by atoms with van der Waals surface area (Å²) in [5.74, 6) is -1.18. The first kappa shape index (κ1) is 21.3. The maximum atomic E-state index is 12.7. The Labute approximate surface area is 184 Å². The fraction of sp³-hybridized carbons (Fsp3) is 0.0556. The molecule has 1 fully saturated rings. The Hall–Kier alpha value is -2.46. The highest BCUT2D eigenvalue weighted by atomic mass is 35.5. The molecule has 0 atom stereocenters. The van der Waals surface area contributed by atoms with Gasteiger partial charge in [0.2, 0.25) is 0 Å². The Morgan fingerprint density at radius 2 is 1.97 bits per heavy atom. The van der Waals surface area contributed by atoms with Gasteiger partial charge >= 0.3 is 0 Å². The lowest BCUT2D eigenvalue weighted by atomic mass is 10.1. The summed E-state index contributed by atoms with van der Waals surface area (Å²) >= 11 is 18.3. The standard InChI is InChI=1S/C18H11Cl2N3O4S2/c1-9-2-4-12(14(20)6-9)16(24)21-22-17(25)15(29-18(22)28)8-10-7-11(23(26)27)3-5-13(10)19/h2-8H,1H3,(H,21,24)/b15-8-. The predicted molar refractivity (Wildman–Crippen MR) is 117 cm³/mol. The van der Waals surface area contributed by atoms with Crippen LogP contribution >= 0.6 is 47.2 Å². The highest BCUT2D eigenvalue weighted by Crippen LogP contribution is 2.34. The van der Waals surface area contributed by atoms with E-state index in [-0.39, 0.29) is 36.1 Å². The van der Waals surface area contributed by atoms with Gasteiger partial charge in [0.1, 0.15) is 0 Å². The Morgan fingerprint density at radius 3 is 2.62 bits per heavy atom. The molecule has 0 aromatic heterocycles. The van der Waals surface area contributed by atoms with E-state index >= 15 is 0 Å². The van der Waals surface area contributed by atoms with Crippen molar-refractivity contribution < 1.29 is 14.5 Å². The molecule has 11 heteroatoms. The maximum absolute atomic E-state index is 12.7. The number of nitrogens with one attached hydrogen (secondary N) is 1. The van der Waals surface area contributed by atoms with E-state index < -0.39 is 16.7 Å². The lowest BCUT2D eigenvalue weighted by molar-refractivity contribution is -0.384. The molecule has 2 aromatic carbocycles. The molecule has 0 radical (unpaired) electrons. The number of carbonyl (C=O) groups excluding carboxylic acids is 2. The fourth-order valence-corrected chi connectivity index (χ4v) is 4.09. The molecule has 1 aliphatic heterocycles. The van der Waals surface area contributed by atoms with Crippen LogP contribution in [0.4, 0.5) is 5.69 Å². The van der Waals surface area contributed by atoms with Crippen molar-refractivity contribution >= 4 is 75.1 Å². The molecule has 148 valence electrons. The van der Waals surface area contributed by atoms with Gasteiger partial charge in [-0.25, -0.2) is 0 Å². The summed E-state index contributed by atoms with van der Waals surface area (Å²) in [6, 6.07) is 8.77. The first-order chi connectivity index (χ1) is 13.7. The van der Waals surface area contributed by atoms with Crippen molar-refractivity contribution in [3.8, 4) is 0 Å². The minimum absolute atomic E-state index is 0.0967. The van der Waals surface area contributed by atoms with Crippen LogP contribution in [0.1, 0.15) is 21.5 Å². The Kier molecular flexibility index (Phi) is 6.23. The van der Waals surface area contributed by atoms with Crippen LogP contribution < -0.4 is 5.43 Å². The van der Waals surface area contributed by atoms with E-state index in [1.54, 1.807) is 18.2 Å². The number of hydrogen-bond donors (Lipinski definition) is 1. The monoisotopic (exact) mass is 467 g/mol. The molecule has 1 saturated heterocycles.